The molecule has 0 saturated carbocycles. The summed E-state index contributed by atoms with van der Waals surface area (Å²) in [5.74, 6) is 1.46. The zero-order valence-corrected chi connectivity index (χ0v) is 18.5. The van der Waals surface area contributed by atoms with E-state index < -0.39 is 0 Å². The Balaban J connectivity index is 1.59. The summed E-state index contributed by atoms with van der Waals surface area (Å²) >= 11 is 0. The Kier molecular flexibility index (Phi) is 8.68. The maximum Gasteiger partial charge on any atom is 0.246 e. The molecule has 1 heterocycles. The van der Waals surface area contributed by atoms with Crippen molar-refractivity contribution in [3.63, 3.8) is 0 Å². The topological polar surface area (TPSA) is 92.6 Å². The molecule has 3 rings (SSSR count). The number of ether oxygens (including phenoxy) is 1. The molecule has 0 aliphatic carbocycles. The second kappa shape index (κ2) is 12.1. The molecule has 0 spiro atoms. The molecule has 8 heteroatoms. The van der Waals surface area contributed by atoms with E-state index in [0.29, 0.717) is 25.7 Å². The van der Waals surface area contributed by atoms with Gasteiger partial charge in [-0.15, -0.1) is 0 Å². The van der Waals surface area contributed by atoms with Crippen molar-refractivity contribution in [2.24, 2.45) is 4.99 Å². The largest absolute Gasteiger partial charge is 0.494 e. The van der Waals surface area contributed by atoms with Gasteiger partial charge in [-0.2, -0.15) is 5.10 Å². The van der Waals surface area contributed by atoms with E-state index in [1.54, 1.807) is 23.1 Å². The van der Waals surface area contributed by atoms with Gasteiger partial charge in [-0.3, -0.25) is 9.48 Å². The molecule has 1 amide bonds. The third kappa shape index (κ3) is 7.16. The fourth-order valence-corrected chi connectivity index (χ4v) is 3.13. The van der Waals surface area contributed by atoms with Crippen LogP contribution in [0.15, 0.2) is 72.0 Å². The van der Waals surface area contributed by atoms with E-state index >= 15 is 0 Å². The number of nitrogens with zero attached hydrogens (tertiary/aromatic N) is 3. The van der Waals surface area contributed by atoms with Gasteiger partial charge in [0.2, 0.25) is 5.91 Å². The van der Waals surface area contributed by atoms with Gasteiger partial charge >= 0.3 is 0 Å². The minimum Gasteiger partial charge on any atom is -0.494 e. The van der Waals surface area contributed by atoms with Crippen LogP contribution in [-0.2, 0) is 24.4 Å². The molecule has 2 aromatic carbocycles. The summed E-state index contributed by atoms with van der Waals surface area (Å²) in [5.41, 5.74) is 2.80. The highest BCUT2D eigenvalue weighted by Gasteiger charge is 2.06. The number of hydrogen-bond acceptors (Lipinski definition) is 4. The van der Waals surface area contributed by atoms with Crippen LogP contribution in [0, 0.1) is 0 Å². The van der Waals surface area contributed by atoms with Crippen molar-refractivity contribution in [1.82, 2.24) is 20.4 Å². The molecule has 0 fully saturated rings. The molecule has 3 N–H and O–H groups in total. The van der Waals surface area contributed by atoms with Crippen LogP contribution in [0.3, 0.4) is 0 Å². The van der Waals surface area contributed by atoms with E-state index in [0.717, 1.165) is 29.1 Å². The molecule has 8 nitrogen and oxygen atoms in total. The van der Waals surface area contributed by atoms with Crippen LogP contribution < -0.4 is 20.7 Å². The quantitative estimate of drug-likeness (QED) is 0.337. The second-order valence-corrected chi connectivity index (χ2v) is 7.04. The van der Waals surface area contributed by atoms with E-state index in [2.05, 4.69) is 26.0 Å². The lowest BCUT2D eigenvalue weighted by Gasteiger charge is -2.14. The Bertz CT molecular complexity index is 1020. The summed E-state index contributed by atoms with van der Waals surface area (Å²) in [4.78, 5) is 16.9. The van der Waals surface area contributed by atoms with Gasteiger partial charge in [0, 0.05) is 36.7 Å². The second-order valence-electron chi connectivity index (χ2n) is 7.04. The summed E-state index contributed by atoms with van der Waals surface area (Å²) in [6, 6.07) is 17.4. The first-order valence-electron chi connectivity index (χ1n) is 10.8. The normalized spacial score (nSPS) is 11.1. The number of benzene rings is 2. The van der Waals surface area contributed by atoms with E-state index in [4.69, 9.17) is 4.74 Å². The number of nitrogens with one attached hydrogen (secondary N) is 3. The number of anilines is 1. The molecule has 0 unspecified atom stereocenters. The highest BCUT2D eigenvalue weighted by Crippen LogP contribution is 2.17. The van der Waals surface area contributed by atoms with Crippen molar-refractivity contribution >= 4 is 17.6 Å². The molecule has 0 aliphatic heterocycles. The Hall–Kier alpha value is -3.81. The number of rotatable bonds is 10. The Morgan fingerprint density at radius 2 is 1.97 bits per heavy atom. The molecule has 0 saturated heterocycles. The Labute approximate surface area is 188 Å². The van der Waals surface area contributed by atoms with Gasteiger partial charge in [-0.25, -0.2) is 4.99 Å². The minimum absolute atomic E-state index is 0.127. The summed E-state index contributed by atoms with van der Waals surface area (Å²) in [7, 11) is 0. The third-order valence-electron chi connectivity index (χ3n) is 4.56. The zero-order valence-electron chi connectivity index (χ0n) is 18.5. The predicted octanol–water partition coefficient (Wildman–Crippen LogP) is 3.18. The van der Waals surface area contributed by atoms with Crippen molar-refractivity contribution < 1.29 is 9.53 Å². The molecule has 3 aromatic rings. The number of aliphatic imine (C=N–C) groups is 1. The molecule has 0 radical (unpaired) electrons. The van der Waals surface area contributed by atoms with Crippen molar-refractivity contribution in [2.45, 2.75) is 33.5 Å². The van der Waals surface area contributed by atoms with Gasteiger partial charge in [0.05, 0.1) is 13.2 Å². The lowest BCUT2D eigenvalue weighted by atomic mass is 10.2. The average Bonchev–Trinajstić information content (AvgIpc) is 3.30. The summed E-state index contributed by atoms with van der Waals surface area (Å²) in [6.07, 6.45) is 3.41. The lowest BCUT2D eigenvalue weighted by Crippen LogP contribution is -2.36. The fourth-order valence-electron chi connectivity index (χ4n) is 3.13. The van der Waals surface area contributed by atoms with E-state index in [-0.39, 0.29) is 12.5 Å². The maximum absolute atomic E-state index is 12.2. The third-order valence-corrected chi connectivity index (χ3v) is 4.56. The summed E-state index contributed by atoms with van der Waals surface area (Å²) in [6.45, 7) is 6.64. The predicted molar refractivity (Wildman–Crippen MR) is 127 cm³/mol. The van der Waals surface area contributed by atoms with E-state index in [9.17, 15) is 4.79 Å². The summed E-state index contributed by atoms with van der Waals surface area (Å²) in [5, 5.41) is 13.6. The molecule has 0 atom stereocenters. The highest BCUT2D eigenvalue weighted by atomic mass is 16.5. The highest BCUT2D eigenvalue weighted by molar-refractivity contribution is 5.90. The van der Waals surface area contributed by atoms with Crippen molar-refractivity contribution in [3.05, 3.63) is 78.1 Å². The van der Waals surface area contributed by atoms with Crippen molar-refractivity contribution in [2.75, 3.05) is 18.5 Å². The first-order valence-corrected chi connectivity index (χ1v) is 10.8. The number of amides is 1. The van der Waals surface area contributed by atoms with E-state index in [1.165, 1.54) is 0 Å². The Morgan fingerprint density at radius 1 is 1.09 bits per heavy atom. The number of para-hydroxylation sites is 1. The van der Waals surface area contributed by atoms with Gasteiger partial charge in [0.15, 0.2) is 5.96 Å². The standard InChI is InChI=1S/C24H30N6O2/c1-3-25-24(27-17-20-10-5-6-12-22(20)32-4-2)26-16-19-9-7-11-21(15-19)29-23(31)18-30-14-8-13-28-30/h5-15H,3-4,16-18H2,1-2H3,(H,29,31)(H2,25,26,27). The number of hydrogen-bond donors (Lipinski definition) is 3. The average molecular weight is 435 g/mol. The smallest absolute Gasteiger partial charge is 0.246 e. The number of guanidine groups is 1. The van der Waals surface area contributed by atoms with Gasteiger partial charge < -0.3 is 20.7 Å². The van der Waals surface area contributed by atoms with Crippen LogP contribution in [0.5, 0.6) is 5.75 Å². The Morgan fingerprint density at radius 3 is 2.75 bits per heavy atom. The lowest BCUT2D eigenvalue weighted by molar-refractivity contribution is -0.116. The first kappa shape index (κ1) is 22.9. The first-order chi connectivity index (χ1) is 15.7. The van der Waals surface area contributed by atoms with Crippen LogP contribution in [0.1, 0.15) is 25.0 Å². The van der Waals surface area contributed by atoms with Gasteiger partial charge in [0.1, 0.15) is 12.3 Å². The molecule has 1 aromatic heterocycles. The molecular formula is C24H30N6O2. The number of carbonyl (C=O) groups is 1. The van der Waals surface area contributed by atoms with Gasteiger partial charge in [0.25, 0.3) is 0 Å². The molecule has 168 valence electrons. The molecular weight excluding hydrogens is 404 g/mol. The number of aromatic nitrogens is 2. The van der Waals surface area contributed by atoms with Crippen LogP contribution in [0.2, 0.25) is 0 Å². The zero-order chi connectivity index (χ0) is 22.6. The fraction of sp³-hybridized carbons (Fsp3) is 0.292. The van der Waals surface area contributed by atoms with Crippen molar-refractivity contribution in [1.29, 1.82) is 0 Å². The van der Waals surface area contributed by atoms with Crippen LogP contribution in [0.4, 0.5) is 5.69 Å². The molecule has 0 bridgehead atoms. The van der Waals surface area contributed by atoms with Crippen LogP contribution in [0.25, 0.3) is 0 Å². The van der Waals surface area contributed by atoms with Gasteiger partial charge in [-0.1, -0.05) is 30.3 Å². The number of carbonyl (C=O) groups excluding carboxylic acids is 1. The minimum atomic E-state index is -0.127. The molecule has 32 heavy (non-hydrogen) atoms. The monoisotopic (exact) mass is 434 g/mol. The van der Waals surface area contributed by atoms with E-state index in [1.807, 2.05) is 62.4 Å². The molecule has 0 aliphatic rings. The van der Waals surface area contributed by atoms with Crippen LogP contribution in [-0.4, -0.2) is 34.8 Å². The van der Waals surface area contributed by atoms with Gasteiger partial charge in [-0.05, 0) is 43.7 Å². The SMILES string of the molecule is CCNC(=NCc1cccc(NC(=O)Cn2cccn2)c1)NCc1ccccc1OCC. The van der Waals surface area contributed by atoms with Crippen molar-refractivity contribution in [3.8, 4) is 5.75 Å². The summed E-state index contributed by atoms with van der Waals surface area (Å²) < 4.78 is 7.28. The maximum atomic E-state index is 12.2. The van der Waals surface area contributed by atoms with Crippen LogP contribution >= 0.6 is 0 Å².